The van der Waals surface area contributed by atoms with E-state index in [4.69, 9.17) is 4.42 Å². The van der Waals surface area contributed by atoms with Gasteiger partial charge < -0.3 is 15.1 Å². The van der Waals surface area contributed by atoms with Gasteiger partial charge in [0.25, 0.3) is 0 Å². The summed E-state index contributed by atoms with van der Waals surface area (Å²) in [6.45, 7) is 3.06. The van der Waals surface area contributed by atoms with Gasteiger partial charge >= 0.3 is 0 Å². The molecule has 6 nitrogen and oxygen atoms in total. The quantitative estimate of drug-likeness (QED) is 0.546. The van der Waals surface area contributed by atoms with Crippen LogP contribution in [-0.2, 0) is 17.8 Å². The third kappa shape index (κ3) is 5.60. The lowest BCUT2D eigenvalue weighted by atomic mass is 10.1. The number of furan rings is 1. The van der Waals surface area contributed by atoms with E-state index in [2.05, 4.69) is 33.0 Å². The van der Waals surface area contributed by atoms with Gasteiger partial charge in [0.15, 0.2) is 4.34 Å². The van der Waals surface area contributed by atoms with E-state index in [0.29, 0.717) is 18.2 Å². The molecule has 0 radical (unpaired) electrons. The van der Waals surface area contributed by atoms with Gasteiger partial charge in [-0.2, -0.15) is 0 Å². The first-order chi connectivity index (χ1) is 12.7. The number of anilines is 1. The van der Waals surface area contributed by atoms with Crippen LogP contribution in [0.15, 0.2) is 57.5 Å². The summed E-state index contributed by atoms with van der Waals surface area (Å²) in [6, 6.07) is 13.8. The van der Waals surface area contributed by atoms with E-state index in [1.807, 2.05) is 37.3 Å². The van der Waals surface area contributed by atoms with Crippen LogP contribution in [-0.4, -0.2) is 27.9 Å². The maximum absolute atomic E-state index is 12.2. The summed E-state index contributed by atoms with van der Waals surface area (Å²) in [4.78, 5) is 12.2. The molecule has 26 heavy (non-hydrogen) atoms. The van der Waals surface area contributed by atoms with E-state index in [0.717, 1.165) is 16.5 Å². The third-order valence-electron chi connectivity index (χ3n) is 3.60. The molecule has 8 heteroatoms. The molecule has 0 aliphatic rings. The van der Waals surface area contributed by atoms with Gasteiger partial charge in [0.2, 0.25) is 11.0 Å². The predicted octanol–water partition coefficient (Wildman–Crippen LogP) is 3.58. The molecule has 1 aromatic carbocycles. The molecule has 0 unspecified atom stereocenters. The number of hydrogen-bond donors (Lipinski definition) is 2. The Balaban J connectivity index is 1.40. The number of benzene rings is 1. The summed E-state index contributed by atoms with van der Waals surface area (Å²) in [6.07, 6.45) is 2.46. The van der Waals surface area contributed by atoms with E-state index in [1.54, 1.807) is 6.26 Å². The van der Waals surface area contributed by atoms with Crippen molar-refractivity contribution in [2.24, 2.45) is 0 Å². The van der Waals surface area contributed by atoms with Crippen LogP contribution in [0.5, 0.6) is 0 Å². The summed E-state index contributed by atoms with van der Waals surface area (Å²) in [5, 5.41) is 14.8. The molecule has 3 aromatic rings. The Kier molecular flexibility index (Phi) is 6.68. The maximum atomic E-state index is 12.2. The monoisotopic (exact) mass is 388 g/mol. The predicted molar refractivity (Wildman–Crippen MR) is 104 cm³/mol. The van der Waals surface area contributed by atoms with Crippen LogP contribution < -0.4 is 10.6 Å². The molecular formula is C18H20N4O2S2. The van der Waals surface area contributed by atoms with Gasteiger partial charge in [-0.25, -0.2) is 0 Å². The Hall–Kier alpha value is -2.32. The highest BCUT2D eigenvalue weighted by Crippen LogP contribution is 2.29. The number of nitrogens with zero attached hydrogens (tertiary/aromatic N) is 2. The van der Waals surface area contributed by atoms with Gasteiger partial charge in [0.1, 0.15) is 5.76 Å². The first-order valence-electron chi connectivity index (χ1n) is 8.29. The van der Waals surface area contributed by atoms with E-state index in [1.165, 1.54) is 28.7 Å². The van der Waals surface area contributed by atoms with Crippen molar-refractivity contribution >= 4 is 34.1 Å². The lowest BCUT2D eigenvalue weighted by Gasteiger charge is -2.10. The number of carbonyl (C=O) groups is 1. The molecular weight excluding hydrogens is 368 g/mol. The minimum absolute atomic E-state index is 0.00576. The van der Waals surface area contributed by atoms with Gasteiger partial charge in [-0.1, -0.05) is 53.4 Å². The van der Waals surface area contributed by atoms with Gasteiger partial charge in [0, 0.05) is 6.54 Å². The Bertz CT molecular complexity index is 806. The lowest BCUT2D eigenvalue weighted by molar-refractivity contribution is -0.120. The zero-order valence-electron chi connectivity index (χ0n) is 14.3. The van der Waals surface area contributed by atoms with Gasteiger partial charge in [0.05, 0.1) is 18.1 Å². The number of thioether (sulfide) groups is 1. The molecule has 0 saturated heterocycles. The van der Waals surface area contributed by atoms with Gasteiger partial charge in [-0.3, -0.25) is 4.79 Å². The van der Waals surface area contributed by atoms with E-state index >= 15 is 0 Å². The van der Waals surface area contributed by atoms with Crippen LogP contribution >= 0.6 is 23.1 Å². The highest BCUT2D eigenvalue weighted by Gasteiger charge is 2.16. The van der Waals surface area contributed by atoms with Gasteiger partial charge in [-0.15, -0.1) is 10.2 Å². The minimum atomic E-state index is -0.225. The summed E-state index contributed by atoms with van der Waals surface area (Å²) in [5.41, 5.74) is 1.21. The number of aromatic nitrogens is 2. The van der Waals surface area contributed by atoms with Crippen LogP contribution in [0.25, 0.3) is 0 Å². The summed E-state index contributed by atoms with van der Waals surface area (Å²) < 4.78 is 6.03. The summed E-state index contributed by atoms with van der Waals surface area (Å²) in [7, 11) is 0. The second kappa shape index (κ2) is 9.40. The van der Waals surface area contributed by atoms with Crippen molar-refractivity contribution in [3.63, 3.8) is 0 Å². The van der Waals surface area contributed by atoms with Gasteiger partial charge in [-0.05, 0) is 31.0 Å². The molecule has 0 bridgehead atoms. The van der Waals surface area contributed by atoms with Crippen LogP contribution in [0.1, 0.15) is 18.2 Å². The molecule has 2 heterocycles. The molecule has 3 rings (SSSR count). The first kappa shape index (κ1) is 18.5. The number of nitrogens with one attached hydrogen (secondary N) is 2. The zero-order chi connectivity index (χ0) is 18.2. The fourth-order valence-electron chi connectivity index (χ4n) is 2.23. The average Bonchev–Trinajstić information content (AvgIpc) is 3.32. The second-order valence-electron chi connectivity index (χ2n) is 5.59. The fourth-order valence-corrected chi connectivity index (χ4v) is 4.14. The molecule has 1 amide bonds. The molecule has 0 aliphatic carbocycles. The first-order valence-corrected chi connectivity index (χ1v) is 9.98. The standard InChI is InChI=1S/C18H20N4O2S2/c1-13(16(23)19-10-9-14-6-3-2-4-7-14)25-18-22-21-17(26-18)20-12-15-8-5-11-24-15/h2-8,11,13H,9-10,12H2,1H3,(H,19,23)(H,20,21)/t13-/m1/s1. The Labute approximate surface area is 160 Å². The van der Waals surface area contributed by atoms with Crippen molar-refractivity contribution in [2.45, 2.75) is 29.5 Å². The van der Waals surface area contributed by atoms with Crippen LogP contribution in [0, 0.1) is 0 Å². The minimum Gasteiger partial charge on any atom is -0.467 e. The van der Waals surface area contributed by atoms with E-state index in [-0.39, 0.29) is 11.2 Å². The second-order valence-corrected chi connectivity index (χ2v) is 8.16. The average molecular weight is 389 g/mol. The molecule has 2 aromatic heterocycles. The van der Waals surface area contributed by atoms with Crippen molar-refractivity contribution in [3.8, 4) is 0 Å². The SMILES string of the molecule is C[C@@H](Sc1nnc(NCc2ccco2)s1)C(=O)NCCc1ccccc1. The molecule has 136 valence electrons. The van der Waals surface area contributed by atoms with Crippen LogP contribution in [0.2, 0.25) is 0 Å². The molecule has 0 aliphatic heterocycles. The Morgan fingerprint density at radius 3 is 2.85 bits per heavy atom. The topological polar surface area (TPSA) is 80.1 Å². The largest absolute Gasteiger partial charge is 0.467 e. The third-order valence-corrected chi connectivity index (χ3v) is 5.67. The van der Waals surface area contributed by atoms with Crippen molar-refractivity contribution < 1.29 is 9.21 Å². The molecule has 0 spiro atoms. The summed E-state index contributed by atoms with van der Waals surface area (Å²) in [5.74, 6) is 0.840. The maximum Gasteiger partial charge on any atom is 0.233 e. The number of amides is 1. The van der Waals surface area contributed by atoms with E-state index in [9.17, 15) is 4.79 Å². The number of carbonyl (C=O) groups excluding carboxylic acids is 1. The molecule has 1 atom stereocenters. The molecule has 0 saturated carbocycles. The Morgan fingerprint density at radius 2 is 2.08 bits per heavy atom. The number of hydrogen-bond acceptors (Lipinski definition) is 7. The Morgan fingerprint density at radius 1 is 1.23 bits per heavy atom. The van der Waals surface area contributed by atoms with Crippen LogP contribution in [0.4, 0.5) is 5.13 Å². The van der Waals surface area contributed by atoms with Crippen molar-refractivity contribution in [1.82, 2.24) is 15.5 Å². The van der Waals surface area contributed by atoms with Crippen molar-refractivity contribution in [2.75, 3.05) is 11.9 Å². The number of rotatable bonds is 9. The summed E-state index contributed by atoms with van der Waals surface area (Å²) >= 11 is 2.84. The smallest absolute Gasteiger partial charge is 0.233 e. The fraction of sp³-hybridized carbons (Fsp3) is 0.278. The lowest BCUT2D eigenvalue weighted by Crippen LogP contribution is -2.32. The van der Waals surface area contributed by atoms with Crippen LogP contribution in [0.3, 0.4) is 0 Å². The van der Waals surface area contributed by atoms with Crippen molar-refractivity contribution in [1.29, 1.82) is 0 Å². The van der Waals surface area contributed by atoms with Crippen molar-refractivity contribution in [3.05, 3.63) is 60.1 Å². The molecule has 2 N–H and O–H groups in total. The normalized spacial score (nSPS) is 11.9. The highest BCUT2D eigenvalue weighted by molar-refractivity contribution is 8.02. The van der Waals surface area contributed by atoms with E-state index < -0.39 is 0 Å². The molecule has 0 fully saturated rings. The zero-order valence-corrected chi connectivity index (χ0v) is 16.0. The highest BCUT2D eigenvalue weighted by atomic mass is 32.2.